The van der Waals surface area contributed by atoms with Crippen molar-refractivity contribution in [2.24, 2.45) is 10.1 Å². The van der Waals surface area contributed by atoms with Gasteiger partial charge in [-0.2, -0.15) is 5.10 Å². The van der Waals surface area contributed by atoms with E-state index in [4.69, 9.17) is 0 Å². The van der Waals surface area contributed by atoms with E-state index < -0.39 is 0 Å². The predicted molar refractivity (Wildman–Crippen MR) is 42.3 cm³/mol. The van der Waals surface area contributed by atoms with Gasteiger partial charge in [-0.25, -0.2) is 15.0 Å². The van der Waals surface area contributed by atoms with Crippen LogP contribution < -0.4 is 5.43 Å². The molecule has 0 spiro atoms. The van der Waals surface area contributed by atoms with Crippen molar-refractivity contribution in [1.82, 2.24) is 9.97 Å². The summed E-state index contributed by atoms with van der Waals surface area (Å²) < 4.78 is 0. The van der Waals surface area contributed by atoms with Gasteiger partial charge in [-0.1, -0.05) is 0 Å². The lowest BCUT2D eigenvalue weighted by Crippen LogP contribution is -1.89. The number of fused-ring (bicyclic) bond motifs is 1. The van der Waals surface area contributed by atoms with Crippen molar-refractivity contribution in [2.75, 3.05) is 5.43 Å². The first-order chi connectivity index (χ1) is 5.47. The molecule has 1 aromatic rings. The zero-order valence-electron chi connectivity index (χ0n) is 5.60. The summed E-state index contributed by atoms with van der Waals surface area (Å²) in [5.74, 6) is 0.609. The molecular weight excluding hydrogens is 142 g/mol. The normalized spacial score (nSPS) is 13.5. The van der Waals surface area contributed by atoms with Crippen LogP contribution in [-0.2, 0) is 0 Å². The molecule has 0 atom stereocenters. The van der Waals surface area contributed by atoms with Gasteiger partial charge in [0, 0.05) is 6.21 Å². The van der Waals surface area contributed by atoms with Crippen LogP contribution in [0.4, 0.5) is 11.5 Å². The van der Waals surface area contributed by atoms with Gasteiger partial charge < -0.3 is 0 Å². The predicted octanol–water partition coefficient (Wildman–Crippen LogP) is 0.590. The van der Waals surface area contributed by atoms with Crippen LogP contribution in [0.5, 0.6) is 0 Å². The lowest BCUT2D eigenvalue weighted by Gasteiger charge is -1.97. The number of hydrazone groups is 1. The zero-order valence-corrected chi connectivity index (χ0v) is 5.60. The van der Waals surface area contributed by atoms with Gasteiger partial charge in [-0.15, -0.1) is 0 Å². The summed E-state index contributed by atoms with van der Waals surface area (Å²) in [5, 5.41) is 3.81. The Labute approximate surface area is 62.9 Å². The van der Waals surface area contributed by atoms with Crippen LogP contribution in [-0.4, -0.2) is 22.4 Å². The Morgan fingerprint density at radius 2 is 2.27 bits per heavy atom. The fraction of sp³-hybridized carbons (Fsp3) is 0. The number of nitrogens with one attached hydrogen (secondary N) is 1. The Morgan fingerprint density at radius 1 is 1.27 bits per heavy atom. The molecule has 2 heterocycles. The summed E-state index contributed by atoms with van der Waals surface area (Å²) >= 11 is 0. The SMILES string of the molecule is C1=NNc2cncnc2N=C1. The van der Waals surface area contributed by atoms with Gasteiger partial charge in [0.2, 0.25) is 0 Å². The third kappa shape index (κ3) is 1.07. The maximum atomic E-state index is 4.00. The van der Waals surface area contributed by atoms with Gasteiger partial charge >= 0.3 is 0 Å². The molecule has 1 aliphatic rings. The van der Waals surface area contributed by atoms with E-state index in [1.807, 2.05) is 0 Å². The largest absolute Gasteiger partial charge is 0.273 e. The quantitative estimate of drug-likeness (QED) is 0.584. The highest BCUT2D eigenvalue weighted by Crippen LogP contribution is 2.19. The number of aliphatic imine (C=N–C) groups is 1. The topological polar surface area (TPSA) is 62.5 Å². The number of nitrogens with zero attached hydrogens (tertiary/aromatic N) is 4. The van der Waals surface area contributed by atoms with Crippen molar-refractivity contribution < 1.29 is 0 Å². The van der Waals surface area contributed by atoms with E-state index in [9.17, 15) is 0 Å². The highest BCUT2D eigenvalue weighted by Gasteiger charge is 2.00. The van der Waals surface area contributed by atoms with Crippen LogP contribution in [0.2, 0.25) is 0 Å². The minimum atomic E-state index is 0.609. The maximum absolute atomic E-state index is 4.00. The summed E-state index contributed by atoms with van der Waals surface area (Å²) in [6.45, 7) is 0. The van der Waals surface area contributed by atoms with Gasteiger partial charge in [0.15, 0.2) is 5.82 Å². The van der Waals surface area contributed by atoms with E-state index in [-0.39, 0.29) is 0 Å². The molecular formula is C6H5N5. The molecule has 1 aromatic heterocycles. The first-order valence-electron chi connectivity index (χ1n) is 3.08. The van der Waals surface area contributed by atoms with Gasteiger partial charge in [0.05, 0.1) is 12.4 Å². The molecule has 0 saturated carbocycles. The number of anilines is 1. The second-order valence-electron chi connectivity index (χ2n) is 1.93. The highest BCUT2D eigenvalue weighted by molar-refractivity contribution is 6.17. The standard InChI is InChI=1S/C6H5N5/c1-2-10-11-5-3-7-4-9-6(5)8-1/h1-4,11H. The molecule has 54 valence electrons. The number of hydrogen-bond donors (Lipinski definition) is 1. The van der Waals surface area contributed by atoms with Crippen molar-refractivity contribution >= 4 is 23.9 Å². The van der Waals surface area contributed by atoms with Crippen LogP contribution in [0, 0.1) is 0 Å². The summed E-state index contributed by atoms with van der Waals surface area (Å²) in [5.41, 5.74) is 3.46. The molecule has 11 heavy (non-hydrogen) atoms. The van der Waals surface area contributed by atoms with E-state index in [1.54, 1.807) is 18.6 Å². The average Bonchev–Trinajstić information content (AvgIpc) is 2.28. The molecule has 0 fully saturated rings. The molecule has 0 radical (unpaired) electrons. The van der Waals surface area contributed by atoms with Crippen molar-refractivity contribution in [3.05, 3.63) is 12.5 Å². The monoisotopic (exact) mass is 147 g/mol. The van der Waals surface area contributed by atoms with Gasteiger partial charge in [-0.3, -0.25) is 5.43 Å². The van der Waals surface area contributed by atoms with Crippen LogP contribution >= 0.6 is 0 Å². The Hall–Kier alpha value is -1.78. The molecule has 0 saturated heterocycles. The van der Waals surface area contributed by atoms with E-state index >= 15 is 0 Å². The molecule has 1 N–H and O–H groups in total. The molecule has 0 unspecified atom stereocenters. The second-order valence-corrected chi connectivity index (χ2v) is 1.93. The van der Waals surface area contributed by atoms with E-state index in [0.29, 0.717) is 5.82 Å². The first kappa shape index (κ1) is 5.96. The third-order valence-corrected chi connectivity index (χ3v) is 1.21. The summed E-state index contributed by atoms with van der Waals surface area (Å²) in [4.78, 5) is 11.7. The van der Waals surface area contributed by atoms with Gasteiger partial charge in [0.1, 0.15) is 12.0 Å². The molecule has 0 aliphatic carbocycles. The zero-order chi connectivity index (χ0) is 7.52. The van der Waals surface area contributed by atoms with E-state index in [0.717, 1.165) is 5.69 Å². The molecule has 5 heteroatoms. The van der Waals surface area contributed by atoms with Crippen molar-refractivity contribution in [2.45, 2.75) is 0 Å². The smallest absolute Gasteiger partial charge is 0.180 e. The Morgan fingerprint density at radius 3 is 3.27 bits per heavy atom. The molecule has 0 amide bonds. The Bertz CT molecular complexity index is 317. The molecule has 5 nitrogen and oxygen atoms in total. The lowest BCUT2D eigenvalue weighted by molar-refractivity contribution is 1.14. The third-order valence-electron chi connectivity index (χ3n) is 1.21. The molecule has 0 aromatic carbocycles. The fourth-order valence-electron chi connectivity index (χ4n) is 0.749. The van der Waals surface area contributed by atoms with Crippen LogP contribution in [0.1, 0.15) is 0 Å². The minimum absolute atomic E-state index is 0.609. The number of hydrogen-bond acceptors (Lipinski definition) is 5. The molecule has 0 bridgehead atoms. The first-order valence-corrected chi connectivity index (χ1v) is 3.08. The van der Waals surface area contributed by atoms with Crippen molar-refractivity contribution in [3.63, 3.8) is 0 Å². The van der Waals surface area contributed by atoms with Crippen LogP contribution in [0.25, 0.3) is 0 Å². The van der Waals surface area contributed by atoms with E-state index in [1.165, 1.54) is 6.33 Å². The summed E-state index contributed by atoms with van der Waals surface area (Å²) in [6, 6.07) is 0. The summed E-state index contributed by atoms with van der Waals surface area (Å²) in [7, 11) is 0. The molecule has 1 aliphatic heterocycles. The fourth-order valence-corrected chi connectivity index (χ4v) is 0.749. The number of rotatable bonds is 0. The van der Waals surface area contributed by atoms with Crippen LogP contribution in [0.3, 0.4) is 0 Å². The lowest BCUT2D eigenvalue weighted by atomic mass is 10.5. The van der Waals surface area contributed by atoms with Gasteiger partial charge in [-0.05, 0) is 0 Å². The molecule has 2 rings (SSSR count). The van der Waals surface area contributed by atoms with Crippen molar-refractivity contribution in [3.8, 4) is 0 Å². The minimum Gasteiger partial charge on any atom is -0.273 e. The van der Waals surface area contributed by atoms with Crippen molar-refractivity contribution in [1.29, 1.82) is 0 Å². The average molecular weight is 147 g/mol. The summed E-state index contributed by atoms with van der Waals surface area (Å²) in [6.07, 6.45) is 6.21. The van der Waals surface area contributed by atoms with E-state index in [2.05, 4.69) is 25.5 Å². The van der Waals surface area contributed by atoms with Crippen LogP contribution in [0.15, 0.2) is 22.6 Å². The number of aromatic nitrogens is 2. The maximum Gasteiger partial charge on any atom is 0.180 e. The Balaban J connectivity index is 2.52. The Kier molecular flexibility index (Phi) is 1.33. The highest BCUT2D eigenvalue weighted by atomic mass is 15.3. The van der Waals surface area contributed by atoms with Gasteiger partial charge in [0.25, 0.3) is 0 Å². The second kappa shape index (κ2) is 2.45.